The highest BCUT2D eigenvalue weighted by Crippen LogP contribution is 2.17. The van der Waals surface area contributed by atoms with E-state index in [9.17, 15) is 14.4 Å². The maximum Gasteiger partial charge on any atom is 0.426 e. The number of nitrogens with two attached hydrogens (primary N) is 1. The normalized spacial score (nSPS) is 10.3. The van der Waals surface area contributed by atoms with Crippen LogP contribution in [-0.2, 0) is 4.74 Å². The van der Waals surface area contributed by atoms with Crippen molar-refractivity contribution in [2.24, 2.45) is 5.84 Å². The molecule has 0 aromatic heterocycles. The Bertz CT molecular complexity index is 953. The lowest BCUT2D eigenvalue weighted by molar-refractivity contribution is 0.0540. The molecule has 0 aliphatic carbocycles. The zero-order valence-corrected chi connectivity index (χ0v) is 18.1. The summed E-state index contributed by atoms with van der Waals surface area (Å²) < 4.78 is 5.05. The van der Waals surface area contributed by atoms with Gasteiger partial charge in [-0.1, -0.05) is 12.1 Å². The van der Waals surface area contributed by atoms with Gasteiger partial charge in [0, 0.05) is 0 Å². The number of rotatable bonds is 5. The summed E-state index contributed by atoms with van der Waals surface area (Å²) in [6.45, 7) is 8.90. The molecule has 0 aliphatic heterocycles. The molecule has 168 valence electrons. The molecule has 2 rings (SSSR count). The molecule has 0 aliphatic rings. The SMILES string of the molecule is Cc1ccc(C(=O)O)cc1NN.Cc1ccc(C(=O)O)cc1NNC(=O)OC(C)(C)C. The second-order valence-corrected chi connectivity index (χ2v) is 7.57. The molecule has 0 saturated heterocycles. The first-order chi connectivity index (χ1) is 14.3. The van der Waals surface area contributed by atoms with Crippen molar-refractivity contribution in [2.45, 2.75) is 40.2 Å². The van der Waals surface area contributed by atoms with Crippen molar-refractivity contribution >= 4 is 29.4 Å². The lowest BCUT2D eigenvalue weighted by Crippen LogP contribution is -2.36. The fraction of sp³-hybridized carbons (Fsp3) is 0.286. The predicted octanol–water partition coefficient (Wildman–Crippen LogP) is 3.52. The lowest BCUT2D eigenvalue weighted by atomic mass is 10.1. The van der Waals surface area contributed by atoms with Gasteiger partial charge in [0.1, 0.15) is 5.60 Å². The molecule has 2 aromatic rings. The third-order valence-corrected chi connectivity index (χ3v) is 3.82. The van der Waals surface area contributed by atoms with Crippen LogP contribution < -0.4 is 22.1 Å². The molecular formula is C21H28N4O6. The number of amides is 1. The summed E-state index contributed by atoms with van der Waals surface area (Å²) >= 11 is 0. The van der Waals surface area contributed by atoms with Crippen LogP contribution in [0.15, 0.2) is 36.4 Å². The predicted molar refractivity (Wildman–Crippen MR) is 117 cm³/mol. The number of nitrogens with one attached hydrogen (secondary N) is 3. The van der Waals surface area contributed by atoms with Gasteiger partial charge in [-0.3, -0.25) is 11.3 Å². The largest absolute Gasteiger partial charge is 0.478 e. The molecule has 31 heavy (non-hydrogen) atoms. The van der Waals surface area contributed by atoms with E-state index in [-0.39, 0.29) is 11.1 Å². The zero-order chi connectivity index (χ0) is 23.8. The molecule has 0 unspecified atom stereocenters. The molecule has 0 bridgehead atoms. The van der Waals surface area contributed by atoms with Crippen molar-refractivity contribution in [3.8, 4) is 0 Å². The molecule has 0 heterocycles. The second-order valence-electron chi connectivity index (χ2n) is 7.57. The highest BCUT2D eigenvalue weighted by atomic mass is 16.6. The van der Waals surface area contributed by atoms with Crippen LogP contribution in [0.5, 0.6) is 0 Å². The number of carbonyl (C=O) groups excluding carboxylic acids is 1. The van der Waals surface area contributed by atoms with Crippen molar-refractivity contribution in [3.05, 3.63) is 58.7 Å². The van der Waals surface area contributed by atoms with Crippen LogP contribution in [0.2, 0.25) is 0 Å². The molecule has 0 radical (unpaired) electrons. The van der Waals surface area contributed by atoms with Gasteiger partial charge in [-0.25, -0.2) is 19.8 Å². The molecule has 0 fully saturated rings. The number of carboxylic acid groups (broad SMARTS) is 2. The van der Waals surface area contributed by atoms with Gasteiger partial charge in [0.15, 0.2) is 0 Å². The number of aryl methyl sites for hydroxylation is 2. The standard InChI is InChI=1S/C13H18N2O4.C8H10N2O2/c1-8-5-6-9(11(16)17)7-10(8)14-15-12(18)19-13(2,3)4;1-5-2-3-6(8(11)12)4-7(5)10-9/h5-7,14H,1-4H3,(H,15,18)(H,16,17);2-4,10H,9H2,1H3,(H,11,12). The third kappa shape index (κ3) is 8.62. The Balaban J connectivity index is 0.000000343. The summed E-state index contributed by atoms with van der Waals surface area (Å²) in [7, 11) is 0. The van der Waals surface area contributed by atoms with E-state index in [4.69, 9.17) is 20.8 Å². The first kappa shape index (κ1) is 25.2. The number of anilines is 2. The van der Waals surface area contributed by atoms with Crippen molar-refractivity contribution in [3.63, 3.8) is 0 Å². The van der Waals surface area contributed by atoms with Gasteiger partial charge >= 0.3 is 18.0 Å². The number of hydrogen-bond acceptors (Lipinski definition) is 7. The van der Waals surface area contributed by atoms with Crippen LogP contribution in [0, 0.1) is 13.8 Å². The van der Waals surface area contributed by atoms with Crippen molar-refractivity contribution < 1.29 is 29.3 Å². The van der Waals surface area contributed by atoms with E-state index < -0.39 is 23.6 Å². The number of carboxylic acids is 2. The zero-order valence-electron chi connectivity index (χ0n) is 18.1. The van der Waals surface area contributed by atoms with Gasteiger partial charge in [0.05, 0.1) is 22.5 Å². The van der Waals surface area contributed by atoms with Crippen LogP contribution in [0.4, 0.5) is 16.2 Å². The topological polar surface area (TPSA) is 163 Å². The minimum Gasteiger partial charge on any atom is -0.478 e. The Hall–Kier alpha value is -3.79. The molecule has 0 spiro atoms. The van der Waals surface area contributed by atoms with E-state index in [1.807, 2.05) is 6.92 Å². The number of hydrogen-bond donors (Lipinski definition) is 6. The molecule has 2 aromatic carbocycles. The van der Waals surface area contributed by atoms with Crippen molar-refractivity contribution in [1.29, 1.82) is 0 Å². The number of nitrogen functional groups attached to an aromatic ring is 1. The highest BCUT2D eigenvalue weighted by molar-refractivity contribution is 5.89. The lowest BCUT2D eigenvalue weighted by Gasteiger charge is -2.20. The Morgan fingerprint density at radius 3 is 1.74 bits per heavy atom. The second kappa shape index (κ2) is 10.8. The quantitative estimate of drug-likeness (QED) is 0.306. The van der Waals surface area contributed by atoms with Gasteiger partial charge in [-0.2, -0.15) is 0 Å². The molecule has 10 nitrogen and oxygen atoms in total. The molecular weight excluding hydrogens is 404 g/mol. The average Bonchev–Trinajstić information content (AvgIpc) is 2.66. The van der Waals surface area contributed by atoms with Crippen LogP contribution >= 0.6 is 0 Å². The molecule has 0 saturated carbocycles. The monoisotopic (exact) mass is 432 g/mol. The molecule has 10 heteroatoms. The molecule has 1 amide bonds. The number of aromatic carboxylic acids is 2. The highest BCUT2D eigenvalue weighted by Gasteiger charge is 2.16. The summed E-state index contributed by atoms with van der Waals surface area (Å²) in [6.07, 6.45) is -0.632. The van der Waals surface area contributed by atoms with E-state index in [1.165, 1.54) is 18.2 Å². The van der Waals surface area contributed by atoms with E-state index in [0.29, 0.717) is 11.4 Å². The Morgan fingerprint density at radius 1 is 0.871 bits per heavy atom. The van der Waals surface area contributed by atoms with Gasteiger partial charge < -0.3 is 20.4 Å². The maximum atomic E-state index is 11.4. The number of ether oxygens (including phenoxy) is 1. The van der Waals surface area contributed by atoms with E-state index in [0.717, 1.165) is 11.1 Å². The Kier molecular flexibility index (Phi) is 8.82. The van der Waals surface area contributed by atoms with Gasteiger partial charge in [0.25, 0.3) is 0 Å². The number of carbonyl (C=O) groups is 3. The Labute approximate surface area is 180 Å². The third-order valence-electron chi connectivity index (χ3n) is 3.82. The van der Waals surface area contributed by atoms with E-state index in [2.05, 4.69) is 16.3 Å². The average molecular weight is 432 g/mol. The smallest absolute Gasteiger partial charge is 0.426 e. The van der Waals surface area contributed by atoms with Crippen molar-refractivity contribution in [2.75, 3.05) is 10.9 Å². The first-order valence-corrected chi connectivity index (χ1v) is 9.23. The van der Waals surface area contributed by atoms with Crippen LogP contribution in [0.25, 0.3) is 0 Å². The maximum absolute atomic E-state index is 11.4. The number of benzene rings is 2. The van der Waals surface area contributed by atoms with E-state index >= 15 is 0 Å². The Morgan fingerprint density at radius 2 is 1.32 bits per heavy atom. The van der Waals surface area contributed by atoms with Crippen LogP contribution in [0.1, 0.15) is 52.6 Å². The number of hydrazine groups is 2. The summed E-state index contributed by atoms with van der Waals surface area (Å²) in [5.74, 6) is 3.20. The fourth-order valence-electron chi connectivity index (χ4n) is 2.22. The summed E-state index contributed by atoms with van der Waals surface area (Å²) in [6, 6.07) is 9.34. The fourth-order valence-corrected chi connectivity index (χ4v) is 2.22. The van der Waals surface area contributed by atoms with Crippen LogP contribution in [0.3, 0.4) is 0 Å². The van der Waals surface area contributed by atoms with Gasteiger partial charge in [-0.15, -0.1) is 0 Å². The van der Waals surface area contributed by atoms with E-state index in [1.54, 1.807) is 45.9 Å². The summed E-state index contributed by atoms with van der Waals surface area (Å²) in [5.41, 5.74) is 10.1. The van der Waals surface area contributed by atoms with Gasteiger partial charge in [0.2, 0.25) is 0 Å². The van der Waals surface area contributed by atoms with Crippen molar-refractivity contribution in [1.82, 2.24) is 5.43 Å². The minimum atomic E-state index is -1.03. The summed E-state index contributed by atoms with van der Waals surface area (Å²) in [5, 5.41) is 17.5. The molecule has 7 N–H and O–H groups in total. The minimum absolute atomic E-state index is 0.138. The van der Waals surface area contributed by atoms with Crippen LogP contribution in [-0.4, -0.2) is 33.8 Å². The van der Waals surface area contributed by atoms with Gasteiger partial charge in [-0.05, 0) is 70.0 Å². The molecule has 0 atom stereocenters. The summed E-state index contributed by atoms with van der Waals surface area (Å²) in [4.78, 5) is 32.8. The first-order valence-electron chi connectivity index (χ1n) is 9.23.